The summed E-state index contributed by atoms with van der Waals surface area (Å²) in [6.45, 7) is 9.52. The molecule has 1 heterocycles. The minimum absolute atomic E-state index is 0.0943. The van der Waals surface area contributed by atoms with E-state index in [1.807, 2.05) is 13.8 Å². The summed E-state index contributed by atoms with van der Waals surface area (Å²) < 4.78 is 17.4. The van der Waals surface area contributed by atoms with Gasteiger partial charge in [-0.25, -0.2) is 0 Å². The molecule has 0 aromatic carbocycles. The first-order valence-electron chi connectivity index (χ1n) is 17.4. The lowest BCUT2D eigenvalue weighted by Crippen LogP contribution is -2.64. The van der Waals surface area contributed by atoms with Crippen LogP contribution in [0, 0.1) is 28.6 Å². The van der Waals surface area contributed by atoms with Crippen molar-refractivity contribution in [1.29, 1.82) is 0 Å². The fourth-order valence-corrected chi connectivity index (χ4v) is 10.3. The van der Waals surface area contributed by atoms with Crippen molar-refractivity contribution in [2.75, 3.05) is 6.61 Å². The van der Waals surface area contributed by atoms with Crippen LogP contribution in [0.4, 0.5) is 0 Å². The van der Waals surface area contributed by atoms with E-state index in [-0.39, 0.29) is 43.8 Å². The van der Waals surface area contributed by atoms with Crippen LogP contribution in [0.5, 0.6) is 0 Å². The second-order valence-electron chi connectivity index (χ2n) is 16.5. The van der Waals surface area contributed by atoms with Crippen LogP contribution in [0.25, 0.3) is 0 Å². The number of rotatable bonds is 9. The van der Waals surface area contributed by atoms with Crippen molar-refractivity contribution in [1.82, 2.24) is 0 Å². The Bertz CT molecular complexity index is 1260. The molecular formula is C35H56O13. The molecule has 0 aromatic rings. The molecule has 274 valence electrons. The van der Waals surface area contributed by atoms with E-state index in [1.54, 1.807) is 26.8 Å². The highest BCUT2D eigenvalue weighted by Gasteiger charge is 2.69. The van der Waals surface area contributed by atoms with Crippen LogP contribution in [-0.4, -0.2) is 125 Å². The Morgan fingerprint density at radius 1 is 1.02 bits per heavy atom. The van der Waals surface area contributed by atoms with E-state index in [2.05, 4.69) is 0 Å². The molecule has 48 heavy (non-hydrogen) atoms. The lowest BCUT2D eigenvalue weighted by molar-refractivity contribution is -0.328. The van der Waals surface area contributed by atoms with Gasteiger partial charge in [0.2, 0.25) is 0 Å². The number of carbonyl (C=O) groups is 2. The van der Waals surface area contributed by atoms with Gasteiger partial charge in [0.1, 0.15) is 30.0 Å². The van der Waals surface area contributed by atoms with Crippen LogP contribution >= 0.6 is 0 Å². The monoisotopic (exact) mass is 684 g/mol. The van der Waals surface area contributed by atoms with E-state index in [0.717, 1.165) is 0 Å². The Balaban J connectivity index is 1.48. The molecule has 0 aromatic heterocycles. The van der Waals surface area contributed by atoms with E-state index in [9.17, 15) is 50.4 Å². The number of hydrogen-bond donors (Lipinski definition) is 8. The van der Waals surface area contributed by atoms with Gasteiger partial charge >= 0.3 is 5.97 Å². The number of esters is 1. The summed E-state index contributed by atoms with van der Waals surface area (Å²) in [6, 6.07) is 0. The lowest BCUT2D eigenvalue weighted by atomic mass is 9.45. The second-order valence-corrected chi connectivity index (χ2v) is 16.5. The fraction of sp³-hybridized carbons (Fsp3) is 0.886. The zero-order valence-corrected chi connectivity index (χ0v) is 28.9. The average Bonchev–Trinajstić information content (AvgIpc) is 3.27. The molecule has 4 aliphatic carbocycles. The molecule has 5 rings (SSSR count). The van der Waals surface area contributed by atoms with Crippen LogP contribution < -0.4 is 0 Å². The molecule has 4 fully saturated rings. The van der Waals surface area contributed by atoms with Gasteiger partial charge < -0.3 is 55.1 Å². The number of ketones is 1. The van der Waals surface area contributed by atoms with Crippen molar-refractivity contribution < 1.29 is 64.7 Å². The van der Waals surface area contributed by atoms with Crippen molar-refractivity contribution in [3.63, 3.8) is 0 Å². The fourth-order valence-electron chi connectivity index (χ4n) is 10.3. The SMILES string of the molecule is CC(=O)OC(C)(C)CC[C@@H](O[C@H]1O[C@H](CO)[C@H](O)[C@H](O)[C@H]1O)[C@](C)(O)[C@H]1CC[C@@]2(O)C3=CC(=O)[C@@H]4C[C@H](O)[C@@H](O)C[C@]4(C)[C@H]3CC[C@]12C. The first-order valence-corrected chi connectivity index (χ1v) is 17.4. The number of aliphatic hydroxyl groups excluding tert-OH is 6. The largest absolute Gasteiger partial charge is 0.460 e. The lowest BCUT2D eigenvalue weighted by Gasteiger charge is -2.61. The van der Waals surface area contributed by atoms with Gasteiger partial charge in [0, 0.05) is 18.3 Å². The molecule has 0 spiro atoms. The number of fused-ring (bicyclic) bond motifs is 5. The number of ether oxygens (including phenoxy) is 3. The molecule has 3 saturated carbocycles. The summed E-state index contributed by atoms with van der Waals surface area (Å²) in [6.07, 6.45) is -6.98. The molecule has 8 N–H and O–H groups in total. The Hall–Kier alpha value is -1.52. The van der Waals surface area contributed by atoms with Crippen LogP contribution in [0.15, 0.2) is 11.6 Å². The second kappa shape index (κ2) is 12.9. The summed E-state index contributed by atoms with van der Waals surface area (Å²) in [4.78, 5) is 25.4. The van der Waals surface area contributed by atoms with Gasteiger partial charge in [-0.05, 0) is 101 Å². The number of hydrogen-bond acceptors (Lipinski definition) is 13. The van der Waals surface area contributed by atoms with E-state index in [0.29, 0.717) is 24.8 Å². The van der Waals surface area contributed by atoms with Gasteiger partial charge in [-0.3, -0.25) is 9.59 Å². The maximum absolute atomic E-state index is 13.6. The Morgan fingerprint density at radius 2 is 1.69 bits per heavy atom. The quantitative estimate of drug-likeness (QED) is 0.153. The molecule has 13 heteroatoms. The molecule has 1 saturated heterocycles. The smallest absolute Gasteiger partial charge is 0.303 e. The highest BCUT2D eigenvalue weighted by atomic mass is 16.7. The minimum atomic E-state index is -1.72. The first kappa shape index (κ1) is 37.7. The molecule has 0 amide bonds. The molecule has 0 radical (unpaired) electrons. The highest BCUT2D eigenvalue weighted by molar-refractivity contribution is 5.95. The molecule has 5 aliphatic rings. The van der Waals surface area contributed by atoms with Crippen LogP contribution in [0.2, 0.25) is 0 Å². The van der Waals surface area contributed by atoms with Gasteiger partial charge in [0.15, 0.2) is 12.1 Å². The molecule has 15 atom stereocenters. The predicted octanol–water partition coefficient (Wildman–Crippen LogP) is 0.249. The highest BCUT2D eigenvalue weighted by Crippen LogP contribution is 2.68. The number of allylic oxidation sites excluding steroid dienone is 1. The zero-order chi connectivity index (χ0) is 35.8. The maximum atomic E-state index is 13.6. The van der Waals surface area contributed by atoms with Crippen LogP contribution in [0.3, 0.4) is 0 Å². The third-order valence-electron chi connectivity index (χ3n) is 13.1. The van der Waals surface area contributed by atoms with Gasteiger partial charge in [0.05, 0.1) is 36.1 Å². The van der Waals surface area contributed by atoms with Crippen LogP contribution in [0.1, 0.15) is 92.9 Å². The summed E-state index contributed by atoms with van der Waals surface area (Å²) >= 11 is 0. The van der Waals surface area contributed by atoms with E-state index in [1.165, 1.54) is 6.92 Å². The Morgan fingerprint density at radius 3 is 2.31 bits per heavy atom. The molecule has 1 aliphatic heterocycles. The molecule has 0 unspecified atom stereocenters. The summed E-state index contributed by atoms with van der Waals surface area (Å²) in [5.41, 5.74) is -5.15. The first-order chi connectivity index (χ1) is 22.1. The van der Waals surface area contributed by atoms with Gasteiger partial charge in [-0.15, -0.1) is 0 Å². The van der Waals surface area contributed by atoms with E-state index < -0.39 is 101 Å². The van der Waals surface area contributed by atoms with Crippen molar-refractivity contribution in [2.45, 2.75) is 159 Å². The predicted molar refractivity (Wildman–Crippen MR) is 169 cm³/mol. The summed E-state index contributed by atoms with van der Waals surface area (Å²) in [7, 11) is 0. The molecule has 13 nitrogen and oxygen atoms in total. The summed E-state index contributed by atoms with van der Waals surface area (Å²) in [5.74, 6) is -1.97. The maximum Gasteiger partial charge on any atom is 0.303 e. The normalized spacial score (nSPS) is 46.5. The van der Waals surface area contributed by atoms with E-state index >= 15 is 0 Å². The molecular weight excluding hydrogens is 628 g/mol. The van der Waals surface area contributed by atoms with Crippen molar-refractivity contribution >= 4 is 11.8 Å². The topological polar surface area (TPSA) is 224 Å². The van der Waals surface area contributed by atoms with Crippen molar-refractivity contribution in [3.8, 4) is 0 Å². The standard InChI is InChI=1S/C35H56O13/c1-17(37)48-31(2,3)10-9-26(47-30-29(43)28(42)27(41)24(16-36)46-30)34(6,44)25-8-12-35(45)19-13-21(38)20-14-22(39)23(40)15-32(20,4)18(19)7-11-33(25,35)5/h13,18,20,22-30,36,39-45H,7-12,14-16H2,1-6H3/t18-,20-,22-,23-,24+,25-,26+,27-,28-,29+,30+,32+,33+,34+,35+/m0/s1. The number of carbonyl (C=O) groups excluding carboxylic acids is 2. The Labute approximate surface area is 281 Å². The summed E-state index contributed by atoms with van der Waals surface area (Å²) in [5, 5.41) is 87.7. The average molecular weight is 685 g/mol. The van der Waals surface area contributed by atoms with Crippen molar-refractivity contribution in [2.24, 2.45) is 28.6 Å². The van der Waals surface area contributed by atoms with Gasteiger partial charge in [-0.1, -0.05) is 13.8 Å². The minimum Gasteiger partial charge on any atom is -0.460 e. The third-order valence-corrected chi connectivity index (χ3v) is 13.1. The van der Waals surface area contributed by atoms with Crippen molar-refractivity contribution in [3.05, 3.63) is 11.6 Å². The Kier molecular flexibility index (Phi) is 10.1. The van der Waals surface area contributed by atoms with Gasteiger partial charge in [0.25, 0.3) is 0 Å². The van der Waals surface area contributed by atoms with Crippen LogP contribution in [-0.2, 0) is 23.8 Å². The third kappa shape index (κ3) is 6.09. The zero-order valence-electron chi connectivity index (χ0n) is 28.9. The molecule has 0 bridgehead atoms. The van der Waals surface area contributed by atoms with E-state index in [4.69, 9.17) is 14.2 Å². The van der Waals surface area contributed by atoms with Gasteiger partial charge in [-0.2, -0.15) is 0 Å². The number of aliphatic hydroxyl groups is 8.